The Morgan fingerprint density at radius 2 is 1.49 bits per heavy atom. The van der Waals surface area contributed by atoms with Crippen molar-refractivity contribution in [3.63, 3.8) is 0 Å². The topological polar surface area (TPSA) is 76.2 Å². The van der Waals surface area contributed by atoms with Gasteiger partial charge >= 0.3 is 0 Å². The monoisotopic (exact) mass is 806 g/mol. The normalized spacial score (nSPS) is 12.3. The largest absolute Gasteiger partial charge is 0.512 e. The molecule has 6 heteroatoms. The molecule has 0 fully saturated rings. The van der Waals surface area contributed by atoms with Crippen molar-refractivity contribution >= 4 is 49.4 Å². The maximum absolute atomic E-state index is 12.2. The number of benzene rings is 4. The average Bonchev–Trinajstić information content (AvgIpc) is 3.47. The maximum Gasteiger partial charge on any atom is 0.164 e. The van der Waals surface area contributed by atoms with Crippen LogP contribution in [0.5, 0.6) is 0 Å². The van der Waals surface area contributed by atoms with E-state index in [0.717, 1.165) is 69.6 Å². The van der Waals surface area contributed by atoms with E-state index in [1.165, 1.54) is 22.6 Å². The Morgan fingerprint density at radius 1 is 0.851 bits per heavy atom. The van der Waals surface area contributed by atoms with Crippen LogP contribution in [0.1, 0.15) is 78.4 Å². The molecule has 0 atom stereocenters. The number of rotatable bonds is 8. The number of hydrogen-bond acceptors (Lipinski definition) is 5. The molecule has 5 nitrogen and oxygen atoms in total. The van der Waals surface area contributed by atoms with Gasteiger partial charge in [0, 0.05) is 42.7 Å². The number of aromatic nitrogens is 2. The molecule has 0 amide bonds. The minimum absolute atomic E-state index is 0. The number of nitrogens with zero attached hydrogens (tertiary/aromatic N) is 2. The summed E-state index contributed by atoms with van der Waals surface area (Å²) in [5, 5.41) is 15.8. The molecule has 0 aliphatic heterocycles. The standard InChI is InChI=1S/C26H17N2O.C15H28O2.Ir/c1-15-11-19-9-10-22-23(21(19)12-16(15)2)25-26(29-22)24(27-14-28-25)20-8-7-17-5-3-4-6-18(17)13-20;1-7-14(5,8-2)12(16)11-13(17)15(6,9-3)10-4;/h3-7,9-14H,1-2H3;11,16H,7-10H2,1-6H3;/q-1;;/b;12-11-;. The minimum atomic E-state index is -0.337. The van der Waals surface area contributed by atoms with E-state index in [1.54, 1.807) is 6.33 Å². The first-order valence-electron chi connectivity index (χ1n) is 16.4. The fourth-order valence-corrected chi connectivity index (χ4v) is 5.80. The Hall–Kier alpha value is -3.86. The Kier molecular flexibility index (Phi) is 11.1. The van der Waals surface area contributed by atoms with E-state index in [1.807, 2.05) is 65.8 Å². The first-order chi connectivity index (χ1) is 22.0. The summed E-state index contributed by atoms with van der Waals surface area (Å²) in [6.45, 7) is 16.4. The summed E-state index contributed by atoms with van der Waals surface area (Å²) in [5.74, 6) is 0.286. The van der Waals surface area contributed by atoms with Crippen molar-refractivity contribution in [1.82, 2.24) is 9.97 Å². The molecule has 1 N–H and O–H groups in total. The van der Waals surface area contributed by atoms with E-state index in [0.29, 0.717) is 5.58 Å². The average molecular weight is 806 g/mol. The van der Waals surface area contributed by atoms with Gasteiger partial charge in [-0.1, -0.05) is 89.4 Å². The van der Waals surface area contributed by atoms with Crippen LogP contribution in [0, 0.1) is 30.7 Å². The van der Waals surface area contributed by atoms with E-state index in [2.05, 4.69) is 66.3 Å². The second kappa shape index (κ2) is 14.5. The van der Waals surface area contributed by atoms with Gasteiger partial charge in [-0.2, -0.15) is 0 Å². The van der Waals surface area contributed by atoms with E-state index in [4.69, 9.17) is 4.42 Å². The molecule has 247 valence electrons. The van der Waals surface area contributed by atoms with Crippen molar-refractivity contribution in [2.75, 3.05) is 0 Å². The smallest absolute Gasteiger partial charge is 0.164 e. The van der Waals surface area contributed by atoms with Crippen LogP contribution in [-0.4, -0.2) is 20.9 Å². The van der Waals surface area contributed by atoms with E-state index in [9.17, 15) is 9.90 Å². The van der Waals surface area contributed by atoms with Gasteiger partial charge in [0.25, 0.3) is 0 Å². The molecule has 4 aromatic carbocycles. The Morgan fingerprint density at radius 3 is 2.15 bits per heavy atom. The number of furan rings is 1. The third kappa shape index (κ3) is 6.91. The zero-order valence-corrected chi connectivity index (χ0v) is 31.1. The van der Waals surface area contributed by atoms with Gasteiger partial charge in [0.2, 0.25) is 0 Å². The quantitative estimate of drug-likeness (QED) is 0.0942. The van der Waals surface area contributed by atoms with E-state index < -0.39 is 0 Å². The molecular weight excluding hydrogens is 761 g/mol. The first kappa shape index (κ1) is 36.0. The molecule has 0 saturated carbocycles. The van der Waals surface area contributed by atoms with Crippen LogP contribution in [0.25, 0.3) is 54.9 Å². The Labute approximate surface area is 291 Å². The number of aliphatic hydroxyl groups excluding tert-OH is 1. The third-order valence-electron chi connectivity index (χ3n) is 10.4. The number of ketones is 1. The molecule has 6 rings (SSSR count). The SMILES string of the molecule is CCC(C)(CC)C(=O)/C=C(\O)C(C)(CC)CC.Cc1cc2ccc3oc4c(-c5[c-]cc6ccccc6c5)ncnc4c3c2cc1C.[Ir]. The number of carbonyl (C=O) groups is 1. The van der Waals surface area contributed by atoms with Gasteiger partial charge in [-0.05, 0) is 67.5 Å². The van der Waals surface area contributed by atoms with Crippen LogP contribution in [0.3, 0.4) is 0 Å². The molecule has 0 spiro atoms. The molecule has 0 saturated heterocycles. The van der Waals surface area contributed by atoms with Crippen LogP contribution < -0.4 is 0 Å². The van der Waals surface area contributed by atoms with E-state index in [-0.39, 0.29) is 42.5 Å². The maximum atomic E-state index is 12.2. The summed E-state index contributed by atoms with van der Waals surface area (Å²) in [6.07, 6.45) is 6.37. The van der Waals surface area contributed by atoms with Gasteiger partial charge in [0.15, 0.2) is 5.78 Å². The van der Waals surface area contributed by atoms with Crippen molar-refractivity contribution in [2.24, 2.45) is 10.8 Å². The molecule has 1 radical (unpaired) electrons. The zero-order chi connectivity index (χ0) is 33.2. The summed E-state index contributed by atoms with van der Waals surface area (Å²) in [5.41, 5.74) is 6.01. The van der Waals surface area contributed by atoms with Crippen LogP contribution in [0.15, 0.2) is 83.2 Å². The summed E-state index contributed by atoms with van der Waals surface area (Å²) in [4.78, 5) is 21.3. The first-order valence-corrected chi connectivity index (χ1v) is 16.4. The molecule has 0 bridgehead atoms. The fourth-order valence-electron chi connectivity index (χ4n) is 5.80. The predicted molar refractivity (Wildman–Crippen MR) is 191 cm³/mol. The Bertz CT molecular complexity index is 2080. The van der Waals surface area contributed by atoms with Gasteiger partial charge in [-0.25, -0.2) is 4.98 Å². The van der Waals surface area contributed by atoms with Crippen molar-refractivity contribution in [2.45, 2.75) is 81.1 Å². The van der Waals surface area contributed by atoms with Crippen LogP contribution in [-0.2, 0) is 24.9 Å². The van der Waals surface area contributed by atoms with Crippen LogP contribution in [0.2, 0.25) is 0 Å². The fraction of sp³-hybridized carbons (Fsp3) is 0.341. The molecule has 2 aromatic heterocycles. The van der Waals surface area contributed by atoms with Crippen molar-refractivity contribution in [3.05, 3.63) is 96.0 Å². The van der Waals surface area contributed by atoms with Crippen LogP contribution in [0.4, 0.5) is 0 Å². The third-order valence-corrected chi connectivity index (χ3v) is 10.4. The molecule has 47 heavy (non-hydrogen) atoms. The van der Waals surface area contributed by atoms with Gasteiger partial charge in [0.1, 0.15) is 28.8 Å². The molecule has 0 aliphatic carbocycles. The van der Waals surface area contributed by atoms with Crippen molar-refractivity contribution < 1.29 is 34.4 Å². The van der Waals surface area contributed by atoms with Crippen LogP contribution >= 0.6 is 0 Å². The number of aliphatic hydroxyl groups is 1. The number of carbonyl (C=O) groups excluding carboxylic acids is 1. The molecule has 6 aromatic rings. The van der Waals surface area contributed by atoms with Gasteiger partial charge in [0.05, 0.1) is 5.39 Å². The van der Waals surface area contributed by atoms with Gasteiger partial charge in [-0.15, -0.1) is 29.1 Å². The molecule has 0 unspecified atom stereocenters. The number of fused-ring (bicyclic) bond motifs is 6. The number of allylic oxidation sites excluding steroid dienone is 2. The minimum Gasteiger partial charge on any atom is -0.512 e. The van der Waals surface area contributed by atoms with Crippen molar-refractivity contribution in [1.29, 1.82) is 0 Å². The second-order valence-electron chi connectivity index (χ2n) is 13.0. The summed E-state index contributed by atoms with van der Waals surface area (Å²) in [7, 11) is 0. The summed E-state index contributed by atoms with van der Waals surface area (Å²) in [6, 6.07) is 24.3. The summed E-state index contributed by atoms with van der Waals surface area (Å²) < 4.78 is 6.28. The summed E-state index contributed by atoms with van der Waals surface area (Å²) >= 11 is 0. The number of hydrogen-bond donors (Lipinski definition) is 1. The molecule has 0 aliphatic rings. The zero-order valence-electron chi connectivity index (χ0n) is 28.7. The van der Waals surface area contributed by atoms with E-state index >= 15 is 0 Å². The molecule has 2 heterocycles. The predicted octanol–water partition coefficient (Wildman–Crippen LogP) is 11.4. The molecular formula is C41H45IrN2O3-. The number of aryl methyl sites for hydroxylation is 2. The van der Waals surface area contributed by atoms with Crippen molar-refractivity contribution in [3.8, 4) is 11.3 Å². The van der Waals surface area contributed by atoms with Gasteiger partial charge in [-0.3, -0.25) is 9.78 Å². The second-order valence-corrected chi connectivity index (χ2v) is 13.0. The van der Waals surface area contributed by atoms with Gasteiger partial charge < -0.3 is 9.52 Å². The Balaban J connectivity index is 0.000000242.